The average Bonchev–Trinajstić information content (AvgIpc) is 2.49. The van der Waals surface area contributed by atoms with Crippen LogP contribution in [0, 0.1) is 0 Å². The molecule has 2 N–H and O–H groups in total. The van der Waals surface area contributed by atoms with E-state index < -0.39 is 0 Å². The molecule has 0 aliphatic carbocycles. The third-order valence-corrected chi connectivity index (χ3v) is 3.33. The molecule has 0 bridgehead atoms. The topological polar surface area (TPSA) is 59.6 Å². The molecule has 1 fully saturated rings. The number of carbonyl (C=O) groups excluding carboxylic acids is 1. The maximum atomic E-state index is 11.9. The van der Waals surface area contributed by atoms with Gasteiger partial charge in [-0.25, -0.2) is 0 Å². The van der Waals surface area contributed by atoms with Crippen LogP contribution in [0.2, 0.25) is 0 Å². The number of methoxy groups -OCH3 is 1. The van der Waals surface area contributed by atoms with Crippen LogP contribution >= 0.6 is 0 Å². The van der Waals surface area contributed by atoms with Crippen LogP contribution in [0.4, 0.5) is 5.69 Å². The fraction of sp³-hybridized carbons (Fsp3) is 0.533. The van der Waals surface area contributed by atoms with Crippen molar-refractivity contribution >= 4 is 11.6 Å². The van der Waals surface area contributed by atoms with E-state index in [-0.39, 0.29) is 18.6 Å². The van der Waals surface area contributed by atoms with Gasteiger partial charge >= 0.3 is 0 Å². The summed E-state index contributed by atoms with van der Waals surface area (Å²) in [6.45, 7) is 2.50. The maximum Gasteiger partial charge on any atom is 0.250 e. The van der Waals surface area contributed by atoms with Gasteiger partial charge in [0, 0.05) is 18.4 Å². The van der Waals surface area contributed by atoms with Gasteiger partial charge in [0.05, 0.1) is 12.7 Å². The second kappa shape index (κ2) is 7.99. The summed E-state index contributed by atoms with van der Waals surface area (Å²) in [6.07, 6.45) is 2.12. The van der Waals surface area contributed by atoms with Crippen molar-refractivity contribution in [3.8, 4) is 0 Å². The molecule has 0 aromatic heterocycles. The summed E-state index contributed by atoms with van der Waals surface area (Å²) >= 11 is 0. The van der Waals surface area contributed by atoms with Crippen molar-refractivity contribution in [2.45, 2.75) is 25.6 Å². The number of piperidine rings is 1. The number of para-hydroxylation sites is 1. The Kier molecular flexibility index (Phi) is 5.98. The highest BCUT2D eigenvalue weighted by Gasteiger charge is 2.15. The van der Waals surface area contributed by atoms with Crippen LogP contribution in [0.5, 0.6) is 0 Å². The lowest BCUT2D eigenvalue weighted by molar-refractivity contribution is -0.123. The van der Waals surface area contributed by atoms with Crippen LogP contribution in [0.3, 0.4) is 0 Å². The first kappa shape index (κ1) is 15.0. The smallest absolute Gasteiger partial charge is 0.250 e. The highest BCUT2D eigenvalue weighted by Crippen LogP contribution is 2.16. The number of hydrogen-bond acceptors (Lipinski definition) is 4. The van der Waals surface area contributed by atoms with Gasteiger partial charge in [-0.15, -0.1) is 0 Å². The molecule has 0 spiro atoms. The molecule has 2 rings (SSSR count). The zero-order valence-corrected chi connectivity index (χ0v) is 11.9. The van der Waals surface area contributed by atoms with Crippen molar-refractivity contribution < 1.29 is 14.3 Å². The van der Waals surface area contributed by atoms with Gasteiger partial charge in [0.2, 0.25) is 5.91 Å². The standard InChI is InChI=1S/C15H22N2O3/c1-19-10-12-4-2-3-5-14(12)17-15(18)11-20-13-6-8-16-9-7-13/h2-5,13,16H,6-11H2,1H3,(H,17,18). The second-order valence-electron chi connectivity index (χ2n) is 4.90. The Bertz CT molecular complexity index is 431. The molecule has 0 unspecified atom stereocenters. The quantitative estimate of drug-likeness (QED) is 0.828. The molecule has 0 radical (unpaired) electrons. The molecule has 1 aromatic rings. The van der Waals surface area contributed by atoms with Crippen molar-refractivity contribution in [3.05, 3.63) is 29.8 Å². The van der Waals surface area contributed by atoms with Gasteiger partial charge in [0.25, 0.3) is 0 Å². The first-order valence-electron chi connectivity index (χ1n) is 6.98. The Balaban J connectivity index is 1.81. The van der Waals surface area contributed by atoms with Crippen LogP contribution in [-0.4, -0.2) is 38.8 Å². The van der Waals surface area contributed by atoms with Gasteiger partial charge in [0.1, 0.15) is 6.61 Å². The summed E-state index contributed by atoms with van der Waals surface area (Å²) in [5.74, 6) is -0.118. The van der Waals surface area contributed by atoms with Crippen molar-refractivity contribution in [2.75, 3.05) is 32.1 Å². The highest BCUT2D eigenvalue weighted by molar-refractivity contribution is 5.92. The zero-order valence-electron chi connectivity index (χ0n) is 11.9. The Morgan fingerprint density at radius 1 is 1.35 bits per heavy atom. The lowest BCUT2D eigenvalue weighted by Crippen LogP contribution is -2.34. The van der Waals surface area contributed by atoms with E-state index in [0.29, 0.717) is 6.61 Å². The normalized spacial score (nSPS) is 16.1. The molecule has 5 heteroatoms. The molecule has 1 saturated heterocycles. The molecular weight excluding hydrogens is 256 g/mol. The fourth-order valence-corrected chi connectivity index (χ4v) is 2.27. The molecule has 1 aliphatic heterocycles. The SMILES string of the molecule is COCc1ccccc1NC(=O)COC1CCNCC1. The fourth-order valence-electron chi connectivity index (χ4n) is 2.27. The largest absolute Gasteiger partial charge is 0.380 e. The lowest BCUT2D eigenvalue weighted by Gasteiger charge is -2.22. The van der Waals surface area contributed by atoms with Crippen LogP contribution in [0.25, 0.3) is 0 Å². The van der Waals surface area contributed by atoms with E-state index in [2.05, 4.69) is 10.6 Å². The van der Waals surface area contributed by atoms with E-state index in [0.717, 1.165) is 37.2 Å². The number of nitrogens with one attached hydrogen (secondary N) is 2. The third kappa shape index (κ3) is 4.59. The second-order valence-corrected chi connectivity index (χ2v) is 4.90. The van der Waals surface area contributed by atoms with E-state index in [4.69, 9.17) is 9.47 Å². The molecule has 1 heterocycles. The van der Waals surface area contributed by atoms with Crippen molar-refractivity contribution in [1.82, 2.24) is 5.32 Å². The number of anilines is 1. The molecular formula is C15H22N2O3. The van der Waals surface area contributed by atoms with Crippen LogP contribution in [-0.2, 0) is 20.9 Å². The summed E-state index contributed by atoms with van der Waals surface area (Å²) in [5, 5.41) is 6.14. The van der Waals surface area contributed by atoms with E-state index in [1.165, 1.54) is 0 Å². The predicted octanol–water partition coefficient (Wildman–Crippen LogP) is 1.54. The van der Waals surface area contributed by atoms with Gasteiger partial charge in [0.15, 0.2) is 0 Å². The average molecular weight is 278 g/mol. The first-order valence-corrected chi connectivity index (χ1v) is 6.98. The molecule has 1 amide bonds. The van der Waals surface area contributed by atoms with Gasteiger partial charge < -0.3 is 20.1 Å². The number of amides is 1. The minimum Gasteiger partial charge on any atom is -0.380 e. The molecule has 0 atom stereocenters. The minimum absolute atomic E-state index is 0.103. The van der Waals surface area contributed by atoms with E-state index in [1.54, 1.807) is 7.11 Å². The van der Waals surface area contributed by atoms with Crippen LogP contribution in [0.15, 0.2) is 24.3 Å². The predicted molar refractivity (Wildman–Crippen MR) is 77.6 cm³/mol. The minimum atomic E-state index is -0.118. The monoisotopic (exact) mass is 278 g/mol. The van der Waals surface area contributed by atoms with Crippen molar-refractivity contribution in [2.24, 2.45) is 0 Å². The van der Waals surface area contributed by atoms with Gasteiger partial charge in [-0.2, -0.15) is 0 Å². The number of carbonyl (C=O) groups is 1. The number of ether oxygens (including phenoxy) is 2. The number of benzene rings is 1. The molecule has 110 valence electrons. The Hall–Kier alpha value is -1.43. The summed E-state index contributed by atoms with van der Waals surface area (Å²) in [7, 11) is 1.64. The summed E-state index contributed by atoms with van der Waals surface area (Å²) in [4.78, 5) is 11.9. The third-order valence-electron chi connectivity index (χ3n) is 3.33. The van der Waals surface area contributed by atoms with E-state index in [9.17, 15) is 4.79 Å². The van der Waals surface area contributed by atoms with Crippen LogP contribution < -0.4 is 10.6 Å². The van der Waals surface area contributed by atoms with Gasteiger partial charge in [-0.3, -0.25) is 4.79 Å². The van der Waals surface area contributed by atoms with E-state index >= 15 is 0 Å². The molecule has 1 aliphatic rings. The van der Waals surface area contributed by atoms with Gasteiger partial charge in [-0.1, -0.05) is 18.2 Å². The molecule has 5 nitrogen and oxygen atoms in total. The lowest BCUT2D eigenvalue weighted by atomic mass is 10.1. The summed E-state index contributed by atoms with van der Waals surface area (Å²) < 4.78 is 10.7. The number of rotatable bonds is 6. The highest BCUT2D eigenvalue weighted by atomic mass is 16.5. The zero-order chi connectivity index (χ0) is 14.2. The maximum absolute atomic E-state index is 11.9. The summed E-state index contributed by atoms with van der Waals surface area (Å²) in [6, 6.07) is 7.63. The van der Waals surface area contributed by atoms with Crippen molar-refractivity contribution in [1.29, 1.82) is 0 Å². The first-order chi connectivity index (χ1) is 9.79. The Labute approximate surface area is 119 Å². The Morgan fingerprint density at radius 3 is 2.85 bits per heavy atom. The van der Waals surface area contributed by atoms with Crippen LogP contribution in [0.1, 0.15) is 18.4 Å². The van der Waals surface area contributed by atoms with Gasteiger partial charge in [-0.05, 0) is 32.0 Å². The van der Waals surface area contributed by atoms with E-state index in [1.807, 2.05) is 24.3 Å². The molecule has 20 heavy (non-hydrogen) atoms. The van der Waals surface area contributed by atoms with Crippen molar-refractivity contribution in [3.63, 3.8) is 0 Å². The molecule has 1 aromatic carbocycles. The number of hydrogen-bond donors (Lipinski definition) is 2. The Morgan fingerprint density at radius 2 is 2.10 bits per heavy atom. The molecule has 0 saturated carbocycles. The summed E-state index contributed by atoms with van der Waals surface area (Å²) in [5.41, 5.74) is 1.75.